The average molecular weight is 291 g/mol. The van der Waals surface area contributed by atoms with Crippen LogP contribution in [0, 0.1) is 12.8 Å². The largest absolute Gasteiger partial charge is 0.493 e. The fourth-order valence-corrected chi connectivity index (χ4v) is 2.61. The van der Waals surface area contributed by atoms with Crippen molar-refractivity contribution in [1.82, 2.24) is 5.32 Å². The summed E-state index contributed by atoms with van der Waals surface area (Å²) in [5.74, 6) is 0.938. The van der Waals surface area contributed by atoms with Gasteiger partial charge in [0.25, 0.3) is 0 Å². The van der Waals surface area contributed by atoms with E-state index in [0.29, 0.717) is 6.61 Å². The summed E-state index contributed by atoms with van der Waals surface area (Å²) in [5.41, 5.74) is 2.85. The summed E-state index contributed by atoms with van der Waals surface area (Å²) in [6, 6.07) is 3.86. The van der Waals surface area contributed by atoms with Crippen molar-refractivity contribution in [1.29, 1.82) is 0 Å². The number of rotatable bonds is 4. The maximum Gasteiger partial charge on any atom is 0.223 e. The molecule has 0 radical (unpaired) electrons. The molecule has 0 aliphatic carbocycles. The number of ether oxygens (including phenoxy) is 1. The second-order valence-corrected chi connectivity index (χ2v) is 5.94. The number of aliphatic hydroxyl groups is 1. The smallest absolute Gasteiger partial charge is 0.223 e. The third-order valence-corrected chi connectivity index (χ3v) is 4.21. The van der Waals surface area contributed by atoms with Gasteiger partial charge in [-0.1, -0.05) is 13.8 Å². The fraction of sp³-hybridized carbons (Fsp3) is 0.588. The molecule has 0 fully saturated rings. The number of amides is 1. The predicted molar refractivity (Wildman–Crippen MR) is 82.3 cm³/mol. The van der Waals surface area contributed by atoms with Crippen LogP contribution in [0.5, 0.6) is 5.75 Å². The molecule has 116 valence electrons. The third kappa shape index (κ3) is 3.38. The van der Waals surface area contributed by atoms with Gasteiger partial charge >= 0.3 is 0 Å². The lowest BCUT2D eigenvalue weighted by Gasteiger charge is -2.29. The first-order valence-corrected chi connectivity index (χ1v) is 7.69. The van der Waals surface area contributed by atoms with Crippen LogP contribution in [0.2, 0.25) is 0 Å². The molecule has 4 heteroatoms. The second-order valence-electron chi connectivity index (χ2n) is 5.94. The van der Waals surface area contributed by atoms with Gasteiger partial charge in [0.15, 0.2) is 0 Å². The minimum Gasteiger partial charge on any atom is -0.493 e. The molecule has 1 heterocycles. The molecule has 3 unspecified atom stereocenters. The van der Waals surface area contributed by atoms with E-state index in [9.17, 15) is 9.90 Å². The first-order valence-electron chi connectivity index (χ1n) is 7.69. The van der Waals surface area contributed by atoms with Crippen LogP contribution in [-0.2, 0) is 4.79 Å². The summed E-state index contributed by atoms with van der Waals surface area (Å²) in [4.78, 5) is 12.2. The lowest BCUT2D eigenvalue weighted by atomic mass is 9.93. The quantitative estimate of drug-likeness (QED) is 0.896. The van der Waals surface area contributed by atoms with E-state index in [1.807, 2.05) is 32.9 Å². The number of nitrogens with one attached hydrogen (secondary N) is 1. The van der Waals surface area contributed by atoms with E-state index >= 15 is 0 Å². The highest BCUT2D eigenvalue weighted by atomic mass is 16.5. The number of carbonyl (C=O) groups excluding carboxylic acids is 1. The molecule has 2 N–H and O–H groups in total. The van der Waals surface area contributed by atoms with Crippen molar-refractivity contribution in [2.75, 3.05) is 6.61 Å². The molecule has 1 aromatic carbocycles. The molecule has 4 nitrogen and oxygen atoms in total. The van der Waals surface area contributed by atoms with E-state index in [1.165, 1.54) is 0 Å². The van der Waals surface area contributed by atoms with Gasteiger partial charge in [0.05, 0.1) is 18.8 Å². The van der Waals surface area contributed by atoms with Crippen LogP contribution in [0.1, 0.15) is 62.4 Å². The van der Waals surface area contributed by atoms with Gasteiger partial charge in [-0.15, -0.1) is 0 Å². The topological polar surface area (TPSA) is 58.6 Å². The van der Waals surface area contributed by atoms with Gasteiger partial charge < -0.3 is 15.2 Å². The van der Waals surface area contributed by atoms with Crippen LogP contribution in [0.4, 0.5) is 0 Å². The number of carbonyl (C=O) groups is 1. The molecule has 2 rings (SSSR count). The summed E-state index contributed by atoms with van der Waals surface area (Å²) < 4.78 is 5.75. The van der Waals surface area contributed by atoms with Crippen molar-refractivity contribution >= 4 is 5.91 Å². The minimum absolute atomic E-state index is 0.0114. The van der Waals surface area contributed by atoms with Gasteiger partial charge in [0.1, 0.15) is 5.75 Å². The number of benzene rings is 1. The zero-order valence-corrected chi connectivity index (χ0v) is 13.3. The molecular formula is C17H25NO3. The Hall–Kier alpha value is -1.55. The Morgan fingerprint density at radius 1 is 1.48 bits per heavy atom. The molecule has 0 spiro atoms. The van der Waals surface area contributed by atoms with Crippen LogP contribution in [0.3, 0.4) is 0 Å². The lowest BCUT2D eigenvalue weighted by Crippen LogP contribution is -2.35. The Kier molecular flexibility index (Phi) is 4.88. The standard InChI is InChI=1S/C17H25NO3/c1-5-10(2)17(20)18-15-6-7-21-16-11(3)8-13(12(4)19)9-14(15)16/h8-10,12,15,19H,5-7H2,1-4H3,(H,18,20). The maximum atomic E-state index is 12.2. The highest BCUT2D eigenvalue weighted by molar-refractivity contribution is 5.78. The predicted octanol–water partition coefficient (Wildman–Crippen LogP) is 3.03. The molecule has 0 aromatic heterocycles. The number of fused-ring (bicyclic) bond motifs is 1. The SMILES string of the molecule is CCC(C)C(=O)NC1CCOc2c(C)cc(C(C)O)cc21. The van der Waals surface area contributed by atoms with E-state index in [0.717, 1.165) is 35.3 Å². The highest BCUT2D eigenvalue weighted by Gasteiger charge is 2.26. The number of aliphatic hydroxyl groups excluding tert-OH is 1. The van der Waals surface area contributed by atoms with Crippen molar-refractivity contribution in [2.45, 2.75) is 52.7 Å². The normalized spacial score (nSPS) is 20.1. The van der Waals surface area contributed by atoms with E-state index in [2.05, 4.69) is 5.32 Å². The van der Waals surface area contributed by atoms with Gasteiger partial charge in [-0.25, -0.2) is 0 Å². The number of aryl methyl sites for hydroxylation is 1. The molecule has 0 bridgehead atoms. The lowest BCUT2D eigenvalue weighted by molar-refractivity contribution is -0.125. The van der Waals surface area contributed by atoms with E-state index in [-0.39, 0.29) is 17.9 Å². The Bertz CT molecular complexity index is 525. The first kappa shape index (κ1) is 15.8. The summed E-state index contributed by atoms with van der Waals surface area (Å²) in [7, 11) is 0. The summed E-state index contributed by atoms with van der Waals surface area (Å²) in [5, 5.41) is 12.9. The average Bonchev–Trinajstić information content (AvgIpc) is 2.46. The number of hydrogen-bond donors (Lipinski definition) is 2. The molecule has 1 aliphatic rings. The van der Waals surface area contributed by atoms with E-state index in [1.54, 1.807) is 6.92 Å². The van der Waals surface area contributed by atoms with Crippen molar-refractivity contribution in [2.24, 2.45) is 5.92 Å². The molecule has 1 aliphatic heterocycles. The molecule has 0 saturated heterocycles. The van der Waals surface area contributed by atoms with Gasteiger partial charge in [0, 0.05) is 17.9 Å². The molecule has 3 atom stereocenters. The number of hydrogen-bond acceptors (Lipinski definition) is 3. The van der Waals surface area contributed by atoms with Gasteiger partial charge in [-0.05, 0) is 43.5 Å². The first-order chi connectivity index (χ1) is 9.93. The van der Waals surface area contributed by atoms with Gasteiger partial charge in [-0.2, -0.15) is 0 Å². The van der Waals surface area contributed by atoms with Crippen LogP contribution in [-0.4, -0.2) is 17.6 Å². The molecule has 1 aromatic rings. The van der Waals surface area contributed by atoms with Crippen LogP contribution in [0.15, 0.2) is 12.1 Å². The Morgan fingerprint density at radius 3 is 2.81 bits per heavy atom. The fourth-order valence-electron chi connectivity index (χ4n) is 2.61. The Balaban J connectivity index is 2.31. The monoisotopic (exact) mass is 291 g/mol. The summed E-state index contributed by atoms with van der Waals surface area (Å²) in [6.07, 6.45) is 1.06. The zero-order chi connectivity index (χ0) is 15.6. The van der Waals surface area contributed by atoms with Gasteiger partial charge in [0.2, 0.25) is 5.91 Å². The minimum atomic E-state index is -0.526. The second kappa shape index (κ2) is 6.48. The van der Waals surface area contributed by atoms with Gasteiger partial charge in [-0.3, -0.25) is 4.79 Å². The van der Waals surface area contributed by atoms with Crippen LogP contribution < -0.4 is 10.1 Å². The maximum absolute atomic E-state index is 12.2. The van der Waals surface area contributed by atoms with E-state index in [4.69, 9.17) is 4.74 Å². The molecule has 1 amide bonds. The molecular weight excluding hydrogens is 266 g/mol. The van der Waals surface area contributed by atoms with E-state index < -0.39 is 6.10 Å². The van der Waals surface area contributed by atoms with Crippen LogP contribution in [0.25, 0.3) is 0 Å². The summed E-state index contributed by atoms with van der Waals surface area (Å²) >= 11 is 0. The van der Waals surface area contributed by atoms with Crippen molar-refractivity contribution < 1.29 is 14.6 Å². The molecule has 21 heavy (non-hydrogen) atoms. The highest BCUT2D eigenvalue weighted by Crippen LogP contribution is 2.37. The van der Waals surface area contributed by atoms with Crippen LogP contribution >= 0.6 is 0 Å². The third-order valence-electron chi connectivity index (χ3n) is 4.21. The Labute approximate surface area is 126 Å². The Morgan fingerprint density at radius 2 is 2.19 bits per heavy atom. The zero-order valence-electron chi connectivity index (χ0n) is 13.3. The molecule has 0 saturated carbocycles. The van der Waals surface area contributed by atoms with Crippen molar-refractivity contribution in [3.63, 3.8) is 0 Å². The van der Waals surface area contributed by atoms with Crippen molar-refractivity contribution in [3.05, 3.63) is 28.8 Å². The van der Waals surface area contributed by atoms with Crippen molar-refractivity contribution in [3.8, 4) is 5.75 Å². The summed E-state index contributed by atoms with van der Waals surface area (Å²) in [6.45, 7) is 8.28.